The Balaban J connectivity index is 2.09. The Morgan fingerprint density at radius 3 is 2.41 bits per heavy atom. The third kappa shape index (κ3) is 5.99. The number of aromatic nitrogens is 4. The second kappa shape index (κ2) is 10.7. The lowest BCUT2D eigenvalue weighted by molar-refractivity contribution is 0.503. The zero-order valence-electron chi connectivity index (χ0n) is 17.2. The summed E-state index contributed by atoms with van der Waals surface area (Å²) in [4.78, 5) is 31.3. The van der Waals surface area contributed by atoms with Crippen molar-refractivity contribution in [1.29, 1.82) is 0 Å². The first kappa shape index (κ1) is 21.8. The predicted octanol–water partition coefficient (Wildman–Crippen LogP) is 4.31. The van der Waals surface area contributed by atoms with Crippen molar-refractivity contribution in [2.45, 2.75) is 83.8 Å². The Morgan fingerprint density at radius 2 is 1.74 bits per heavy atom. The van der Waals surface area contributed by atoms with E-state index in [1.165, 1.54) is 43.1 Å². The lowest BCUT2D eigenvalue weighted by Crippen LogP contribution is -2.29. The fraction of sp³-hybridized carbons (Fsp3) is 0.750. The molecular weight excluding hydrogens is 360 g/mol. The van der Waals surface area contributed by atoms with Gasteiger partial charge < -0.3 is 4.57 Å². The molecule has 7 heteroatoms. The predicted molar refractivity (Wildman–Crippen MR) is 114 cm³/mol. The first-order valence-electron chi connectivity index (χ1n) is 10.3. The van der Waals surface area contributed by atoms with Gasteiger partial charge in [-0.15, -0.1) is 0 Å². The Labute approximate surface area is 165 Å². The van der Waals surface area contributed by atoms with Gasteiger partial charge in [-0.2, -0.15) is 0 Å². The molecule has 0 spiro atoms. The maximum atomic E-state index is 12.4. The SMILES string of the molecule is CCCCCCCCCSc1nc2c(c(=O)[nH]c(=O)n2C)n1CCC(C)C. The van der Waals surface area contributed by atoms with Gasteiger partial charge in [0, 0.05) is 19.3 Å². The largest absolute Gasteiger partial charge is 0.329 e. The topological polar surface area (TPSA) is 72.7 Å². The quantitative estimate of drug-likeness (QED) is 0.430. The zero-order chi connectivity index (χ0) is 19.8. The first-order valence-corrected chi connectivity index (χ1v) is 11.3. The number of nitrogens with zero attached hydrogens (tertiary/aromatic N) is 3. The molecule has 2 heterocycles. The van der Waals surface area contributed by atoms with Crippen LogP contribution in [0.2, 0.25) is 0 Å². The average molecular weight is 395 g/mol. The van der Waals surface area contributed by atoms with Crippen molar-refractivity contribution in [3.05, 3.63) is 20.8 Å². The van der Waals surface area contributed by atoms with Gasteiger partial charge in [0.2, 0.25) is 0 Å². The molecule has 1 N–H and O–H groups in total. The van der Waals surface area contributed by atoms with Crippen LogP contribution in [0, 0.1) is 5.92 Å². The van der Waals surface area contributed by atoms with Crippen LogP contribution in [0.25, 0.3) is 11.2 Å². The molecular formula is C20H34N4O2S. The van der Waals surface area contributed by atoms with E-state index in [9.17, 15) is 9.59 Å². The molecule has 0 saturated heterocycles. The molecule has 0 aliphatic carbocycles. The van der Waals surface area contributed by atoms with Gasteiger partial charge in [0.1, 0.15) is 0 Å². The summed E-state index contributed by atoms with van der Waals surface area (Å²) in [7, 11) is 1.66. The number of nitrogens with one attached hydrogen (secondary N) is 1. The van der Waals surface area contributed by atoms with Gasteiger partial charge in [0.05, 0.1) is 0 Å². The summed E-state index contributed by atoms with van der Waals surface area (Å²) in [6.07, 6.45) is 9.93. The number of unbranched alkanes of at least 4 members (excludes halogenated alkanes) is 6. The maximum Gasteiger partial charge on any atom is 0.329 e. The van der Waals surface area contributed by atoms with Crippen LogP contribution in [0.5, 0.6) is 0 Å². The van der Waals surface area contributed by atoms with Crippen molar-refractivity contribution in [2.24, 2.45) is 13.0 Å². The van der Waals surface area contributed by atoms with E-state index in [1.807, 2.05) is 4.57 Å². The van der Waals surface area contributed by atoms with Crippen molar-refractivity contribution in [1.82, 2.24) is 19.1 Å². The Bertz CT molecular complexity index is 835. The van der Waals surface area contributed by atoms with E-state index in [-0.39, 0.29) is 5.56 Å². The Morgan fingerprint density at radius 1 is 1.07 bits per heavy atom. The Hall–Kier alpha value is -1.50. The van der Waals surface area contributed by atoms with Gasteiger partial charge in [0.25, 0.3) is 5.56 Å². The molecule has 0 aromatic carbocycles. The standard InChI is InChI=1S/C20H34N4O2S/c1-5-6-7-8-9-10-11-14-27-20-21-17-16(24(20)13-12-15(2)3)18(25)22-19(26)23(17)4/h15H,5-14H2,1-4H3,(H,22,25,26). The number of rotatable bonds is 12. The third-order valence-electron chi connectivity index (χ3n) is 4.88. The van der Waals surface area contributed by atoms with Gasteiger partial charge in [-0.3, -0.25) is 14.3 Å². The van der Waals surface area contributed by atoms with Crippen LogP contribution in [0.15, 0.2) is 14.7 Å². The zero-order valence-corrected chi connectivity index (χ0v) is 18.0. The van der Waals surface area contributed by atoms with Gasteiger partial charge in [-0.1, -0.05) is 71.1 Å². The molecule has 0 amide bonds. The number of aryl methyl sites for hydroxylation is 2. The molecule has 27 heavy (non-hydrogen) atoms. The first-order chi connectivity index (χ1) is 13.0. The van der Waals surface area contributed by atoms with E-state index in [0.29, 0.717) is 17.1 Å². The van der Waals surface area contributed by atoms with Crippen molar-refractivity contribution in [2.75, 3.05) is 5.75 Å². The summed E-state index contributed by atoms with van der Waals surface area (Å²) in [5, 5.41) is 0.850. The molecule has 0 aliphatic rings. The van der Waals surface area contributed by atoms with E-state index >= 15 is 0 Å². The van der Waals surface area contributed by atoms with Crippen molar-refractivity contribution < 1.29 is 0 Å². The minimum atomic E-state index is -0.412. The molecule has 0 unspecified atom stereocenters. The monoisotopic (exact) mass is 394 g/mol. The average Bonchev–Trinajstić information content (AvgIpc) is 2.99. The summed E-state index contributed by atoms with van der Waals surface area (Å²) in [5.41, 5.74) is 0.242. The molecule has 152 valence electrons. The minimum absolute atomic E-state index is 0.341. The normalized spacial score (nSPS) is 11.7. The van der Waals surface area contributed by atoms with Crippen LogP contribution < -0.4 is 11.2 Å². The minimum Gasteiger partial charge on any atom is -0.313 e. The number of hydrogen-bond acceptors (Lipinski definition) is 4. The van der Waals surface area contributed by atoms with E-state index < -0.39 is 5.69 Å². The van der Waals surface area contributed by atoms with Gasteiger partial charge in [0.15, 0.2) is 16.3 Å². The van der Waals surface area contributed by atoms with Crippen LogP contribution in [0.4, 0.5) is 0 Å². The number of fused-ring (bicyclic) bond motifs is 1. The molecule has 6 nitrogen and oxygen atoms in total. The fourth-order valence-electron chi connectivity index (χ4n) is 3.14. The molecule has 0 bridgehead atoms. The van der Waals surface area contributed by atoms with Crippen molar-refractivity contribution in [3.63, 3.8) is 0 Å². The molecule has 0 radical (unpaired) electrons. The number of H-pyrrole nitrogens is 1. The number of thioether (sulfide) groups is 1. The van der Waals surface area contributed by atoms with Gasteiger partial charge in [-0.25, -0.2) is 9.78 Å². The highest BCUT2D eigenvalue weighted by atomic mass is 32.2. The molecule has 2 rings (SSSR count). The van der Waals surface area contributed by atoms with Gasteiger partial charge in [-0.05, 0) is 18.8 Å². The summed E-state index contributed by atoms with van der Waals surface area (Å²) in [6.45, 7) is 7.33. The van der Waals surface area contributed by atoms with E-state index in [1.54, 1.807) is 18.8 Å². The third-order valence-corrected chi connectivity index (χ3v) is 5.94. The summed E-state index contributed by atoms with van der Waals surface area (Å²) in [5.74, 6) is 1.53. The van der Waals surface area contributed by atoms with E-state index in [4.69, 9.17) is 0 Å². The van der Waals surface area contributed by atoms with Gasteiger partial charge >= 0.3 is 5.69 Å². The highest BCUT2D eigenvalue weighted by molar-refractivity contribution is 7.99. The van der Waals surface area contributed by atoms with Crippen LogP contribution in [0.3, 0.4) is 0 Å². The lowest BCUT2D eigenvalue weighted by Gasteiger charge is -2.10. The molecule has 2 aromatic heterocycles. The lowest BCUT2D eigenvalue weighted by atomic mass is 10.1. The summed E-state index contributed by atoms with van der Waals surface area (Å²) in [6, 6.07) is 0. The summed E-state index contributed by atoms with van der Waals surface area (Å²) >= 11 is 1.70. The van der Waals surface area contributed by atoms with Crippen LogP contribution in [0.1, 0.15) is 72.1 Å². The molecule has 0 atom stereocenters. The fourth-order valence-corrected chi connectivity index (χ4v) is 4.16. The number of imidazole rings is 1. The van der Waals surface area contributed by atoms with Crippen molar-refractivity contribution >= 4 is 22.9 Å². The second-order valence-corrected chi connectivity index (χ2v) is 8.75. The van der Waals surface area contributed by atoms with Crippen LogP contribution in [-0.2, 0) is 13.6 Å². The van der Waals surface area contributed by atoms with Crippen LogP contribution in [-0.4, -0.2) is 24.9 Å². The molecule has 0 aliphatic heterocycles. The Kier molecular flexibility index (Phi) is 8.67. The van der Waals surface area contributed by atoms with E-state index in [0.717, 1.165) is 30.3 Å². The molecule has 2 aromatic rings. The van der Waals surface area contributed by atoms with Crippen molar-refractivity contribution in [3.8, 4) is 0 Å². The number of hydrogen-bond donors (Lipinski definition) is 1. The highest BCUT2D eigenvalue weighted by Gasteiger charge is 2.17. The second-order valence-electron chi connectivity index (χ2n) is 7.69. The van der Waals surface area contributed by atoms with E-state index in [2.05, 4.69) is 30.7 Å². The smallest absolute Gasteiger partial charge is 0.313 e. The van der Waals surface area contributed by atoms with Crippen LogP contribution >= 0.6 is 11.8 Å². The maximum absolute atomic E-state index is 12.4. The molecule has 0 saturated carbocycles. The highest BCUT2D eigenvalue weighted by Crippen LogP contribution is 2.24. The molecule has 0 fully saturated rings. The number of aromatic amines is 1. The summed E-state index contributed by atoms with van der Waals surface area (Å²) < 4.78 is 3.43.